The summed E-state index contributed by atoms with van der Waals surface area (Å²) in [6.45, 7) is 6.13. The molecule has 2 rings (SSSR count). The Bertz CT molecular complexity index is 302. The Labute approximate surface area is 112 Å². The van der Waals surface area contributed by atoms with Crippen LogP contribution in [0.3, 0.4) is 0 Å². The highest BCUT2D eigenvalue weighted by molar-refractivity contribution is 7.85. The lowest BCUT2D eigenvalue weighted by Crippen LogP contribution is -2.49. The first-order valence-electron chi connectivity index (χ1n) is 6.78. The average Bonchev–Trinajstić information content (AvgIpc) is 2.28. The molecule has 0 aromatic heterocycles. The van der Waals surface area contributed by atoms with Crippen molar-refractivity contribution in [3.63, 3.8) is 0 Å². The lowest BCUT2D eigenvalue weighted by atomic mass is 9.86. The minimum atomic E-state index is -0.849. The van der Waals surface area contributed by atoms with E-state index in [1.165, 1.54) is 0 Å². The topological polar surface area (TPSA) is 61.6 Å². The molecule has 0 bridgehead atoms. The quantitative estimate of drug-likeness (QED) is 0.841. The minimum Gasteiger partial charge on any atom is -0.381 e. The summed E-state index contributed by atoms with van der Waals surface area (Å²) < 4.78 is 23.8. The molecule has 2 fully saturated rings. The maximum absolute atomic E-state index is 12.4. The van der Waals surface area contributed by atoms with E-state index in [2.05, 4.69) is 0 Å². The summed E-state index contributed by atoms with van der Waals surface area (Å²) in [5, 5.41) is 0.236. The fraction of sp³-hybridized carbons (Fsp3) is 1.00. The molecule has 2 unspecified atom stereocenters. The van der Waals surface area contributed by atoms with Gasteiger partial charge in [-0.3, -0.25) is 4.21 Å². The molecule has 2 heterocycles. The van der Waals surface area contributed by atoms with E-state index in [0.29, 0.717) is 5.75 Å². The smallest absolute Gasteiger partial charge is 0.0737 e. The van der Waals surface area contributed by atoms with Gasteiger partial charge < -0.3 is 15.2 Å². The van der Waals surface area contributed by atoms with Crippen LogP contribution in [-0.4, -0.2) is 46.2 Å². The minimum absolute atomic E-state index is 0.0738. The van der Waals surface area contributed by atoms with Crippen LogP contribution < -0.4 is 5.73 Å². The van der Waals surface area contributed by atoms with Gasteiger partial charge in [-0.1, -0.05) is 0 Å². The van der Waals surface area contributed by atoms with Crippen molar-refractivity contribution in [1.29, 1.82) is 0 Å². The molecule has 0 aliphatic carbocycles. The summed E-state index contributed by atoms with van der Waals surface area (Å²) in [7, 11) is -0.849. The van der Waals surface area contributed by atoms with Crippen molar-refractivity contribution in [2.75, 3.05) is 25.6 Å². The third-order valence-electron chi connectivity index (χ3n) is 3.74. The Hall–Kier alpha value is 0.0300. The highest BCUT2D eigenvalue weighted by Gasteiger charge is 2.41. The van der Waals surface area contributed by atoms with Gasteiger partial charge in [0.05, 0.1) is 5.60 Å². The Morgan fingerprint density at radius 2 is 2.00 bits per heavy atom. The number of hydrogen-bond donors (Lipinski definition) is 1. The molecule has 2 aliphatic rings. The first-order chi connectivity index (χ1) is 8.40. The van der Waals surface area contributed by atoms with E-state index in [1.54, 1.807) is 0 Å². The van der Waals surface area contributed by atoms with Gasteiger partial charge in [0.2, 0.25) is 0 Å². The molecule has 0 aromatic rings. The second-order valence-electron chi connectivity index (χ2n) is 6.27. The largest absolute Gasteiger partial charge is 0.381 e. The van der Waals surface area contributed by atoms with Gasteiger partial charge in [0, 0.05) is 47.2 Å². The number of ether oxygens (including phenoxy) is 2. The van der Waals surface area contributed by atoms with Crippen LogP contribution >= 0.6 is 0 Å². The molecule has 2 saturated heterocycles. The maximum Gasteiger partial charge on any atom is 0.0737 e. The van der Waals surface area contributed by atoms with E-state index < -0.39 is 10.8 Å². The predicted octanol–water partition coefficient (Wildman–Crippen LogP) is 1.20. The first-order valence-corrected chi connectivity index (χ1v) is 8.16. The van der Waals surface area contributed by atoms with Gasteiger partial charge in [-0.25, -0.2) is 0 Å². The molecule has 2 N–H and O–H groups in total. The molecule has 5 heteroatoms. The third-order valence-corrected chi connectivity index (χ3v) is 5.91. The summed E-state index contributed by atoms with van der Waals surface area (Å²) in [5.74, 6) is 0.574. The molecular weight excluding hydrogens is 250 g/mol. The molecule has 0 saturated carbocycles. The van der Waals surface area contributed by atoms with Crippen molar-refractivity contribution in [3.8, 4) is 0 Å². The summed E-state index contributed by atoms with van der Waals surface area (Å²) >= 11 is 0. The average molecular weight is 275 g/mol. The molecule has 0 radical (unpaired) electrons. The molecule has 106 valence electrons. The fourth-order valence-corrected chi connectivity index (χ4v) is 4.60. The van der Waals surface area contributed by atoms with Gasteiger partial charge in [0.15, 0.2) is 0 Å². The molecule has 0 amide bonds. The zero-order valence-electron chi connectivity index (χ0n) is 11.4. The van der Waals surface area contributed by atoms with Crippen molar-refractivity contribution in [3.05, 3.63) is 0 Å². The second-order valence-corrected chi connectivity index (χ2v) is 7.99. The summed E-state index contributed by atoms with van der Waals surface area (Å²) in [6.07, 6.45) is 3.67. The number of nitrogens with two attached hydrogens (primary N) is 1. The van der Waals surface area contributed by atoms with Gasteiger partial charge in [0.25, 0.3) is 0 Å². The molecule has 2 aliphatic heterocycles. The highest BCUT2D eigenvalue weighted by Crippen LogP contribution is 2.36. The second kappa shape index (κ2) is 5.57. The maximum atomic E-state index is 12.4. The molecule has 4 nitrogen and oxygen atoms in total. The van der Waals surface area contributed by atoms with Crippen LogP contribution in [0.5, 0.6) is 0 Å². The van der Waals surface area contributed by atoms with Crippen molar-refractivity contribution in [2.24, 2.45) is 5.73 Å². The SMILES string of the molecule is CC(C)(N)CS(=O)C1CCOC2(CCOCC2)C1. The van der Waals surface area contributed by atoms with E-state index in [4.69, 9.17) is 15.2 Å². The van der Waals surface area contributed by atoms with Crippen molar-refractivity contribution < 1.29 is 13.7 Å². The zero-order valence-corrected chi connectivity index (χ0v) is 12.3. The van der Waals surface area contributed by atoms with Gasteiger partial charge >= 0.3 is 0 Å². The van der Waals surface area contributed by atoms with Crippen LogP contribution in [0.4, 0.5) is 0 Å². The zero-order chi connectivity index (χ0) is 13.2. The van der Waals surface area contributed by atoms with Gasteiger partial charge in [0.1, 0.15) is 0 Å². The fourth-order valence-electron chi connectivity index (χ4n) is 2.78. The monoisotopic (exact) mass is 275 g/mol. The van der Waals surface area contributed by atoms with Gasteiger partial charge in [-0.05, 0) is 39.5 Å². The third kappa shape index (κ3) is 3.76. The standard InChI is InChI=1S/C13H25NO3S/c1-12(2,14)10-18(15)11-3-6-17-13(9-11)4-7-16-8-5-13/h11H,3-10,14H2,1-2H3. The first kappa shape index (κ1) is 14.4. The predicted molar refractivity (Wildman–Crippen MR) is 73.0 cm³/mol. The van der Waals surface area contributed by atoms with Crippen molar-refractivity contribution in [2.45, 2.75) is 55.9 Å². The Morgan fingerprint density at radius 3 is 2.61 bits per heavy atom. The number of hydrogen-bond acceptors (Lipinski definition) is 4. The molecule has 2 atom stereocenters. The van der Waals surface area contributed by atoms with Crippen LogP contribution in [0.1, 0.15) is 39.5 Å². The van der Waals surface area contributed by atoms with E-state index in [-0.39, 0.29) is 16.4 Å². The molecule has 1 spiro atoms. The van der Waals surface area contributed by atoms with E-state index in [9.17, 15) is 4.21 Å². The molecule has 0 aromatic carbocycles. The van der Waals surface area contributed by atoms with Crippen molar-refractivity contribution >= 4 is 10.8 Å². The van der Waals surface area contributed by atoms with E-state index >= 15 is 0 Å². The normalized spacial score (nSPS) is 30.3. The Kier molecular flexibility index (Phi) is 4.47. The van der Waals surface area contributed by atoms with Crippen LogP contribution in [0, 0.1) is 0 Å². The van der Waals surface area contributed by atoms with Gasteiger partial charge in [-0.2, -0.15) is 0 Å². The van der Waals surface area contributed by atoms with Gasteiger partial charge in [-0.15, -0.1) is 0 Å². The number of rotatable bonds is 3. The molecule has 18 heavy (non-hydrogen) atoms. The summed E-state index contributed by atoms with van der Waals surface area (Å²) in [4.78, 5) is 0. The Morgan fingerprint density at radius 1 is 1.33 bits per heavy atom. The van der Waals surface area contributed by atoms with Crippen LogP contribution in [0.15, 0.2) is 0 Å². The lowest BCUT2D eigenvalue weighted by molar-refractivity contribution is -0.131. The van der Waals surface area contributed by atoms with Crippen LogP contribution in [-0.2, 0) is 20.3 Å². The Balaban J connectivity index is 1.95. The van der Waals surface area contributed by atoms with Crippen molar-refractivity contribution in [1.82, 2.24) is 0 Å². The van der Waals surface area contributed by atoms with Crippen LogP contribution in [0.25, 0.3) is 0 Å². The summed E-state index contributed by atoms with van der Waals surface area (Å²) in [6, 6.07) is 0. The van der Waals surface area contributed by atoms with E-state index in [0.717, 1.165) is 45.5 Å². The lowest BCUT2D eigenvalue weighted by Gasteiger charge is -2.43. The molecular formula is C13H25NO3S. The summed E-state index contributed by atoms with van der Waals surface area (Å²) in [5.41, 5.74) is 5.54. The van der Waals surface area contributed by atoms with Crippen LogP contribution in [0.2, 0.25) is 0 Å². The van der Waals surface area contributed by atoms with E-state index in [1.807, 2.05) is 13.8 Å². The highest BCUT2D eigenvalue weighted by atomic mass is 32.2.